The molecule has 1 aromatic carbocycles. The molecule has 0 spiro atoms. The molecule has 18 heavy (non-hydrogen) atoms. The van der Waals surface area contributed by atoms with Gasteiger partial charge in [0.15, 0.2) is 0 Å². The van der Waals surface area contributed by atoms with Crippen LogP contribution in [0.25, 0.3) is 0 Å². The number of likely N-dealkylation sites (tertiary alicyclic amines) is 1. The van der Waals surface area contributed by atoms with E-state index in [1.165, 1.54) is 9.13 Å². The molecule has 0 aliphatic carbocycles. The molecule has 0 atom stereocenters. The van der Waals surface area contributed by atoms with Crippen molar-refractivity contribution in [2.24, 2.45) is 0 Å². The lowest BCUT2D eigenvalue weighted by molar-refractivity contribution is 0.199. The van der Waals surface area contributed by atoms with E-state index in [0.717, 1.165) is 32.5 Å². The number of hydrogen-bond donors (Lipinski definition) is 0. The maximum atomic E-state index is 8.85. The molecule has 1 aromatic rings. The highest BCUT2D eigenvalue weighted by molar-refractivity contribution is 14.1. The molecule has 0 saturated carbocycles. The van der Waals surface area contributed by atoms with Gasteiger partial charge in [-0.05, 0) is 66.2 Å². The summed E-state index contributed by atoms with van der Waals surface area (Å²) in [6, 6.07) is 11.0. The first-order valence-corrected chi connectivity index (χ1v) is 8.30. The van der Waals surface area contributed by atoms with Gasteiger partial charge in [-0.2, -0.15) is 5.26 Å². The van der Waals surface area contributed by atoms with Crippen LogP contribution < -0.4 is 0 Å². The van der Waals surface area contributed by atoms with E-state index in [0.29, 0.717) is 6.42 Å². The first-order valence-electron chi connectivity index (χ1n) is 6.14. The van der Waals surface area contributed by atoms with Crippen molar-refractivity contribution in [2.75, 3.05) is 13.1 Å². The van der Waals surface area contributed by atoms with Gasteiger partial charge in [0.2, 0.25) is 0 Å². The molecule has 0 unspecified atom stereocenters. The summed E-state index contributed by atoms with van der Waals surface area (Å²) in [4.78, 5) is 2.50. The molecule has 2 nitrogen and oxygen atoms in total. The minimum absolute atomic E-state index is 0.216. The average molecular weight is 466 g/mol. The highest BCUT2D eigenvalue weighted by Gasteiger charge is 2.31. The zero-order valence-electron chi connectivity index (χ0n) is 10.2. The highest BCUT2D eigenvalue weighted by Crippen LogP contribution is 2.35. The lowest BCUT2D eigenvalue weighted by atomic mass is 9.94. The van der Waals surface area contributed by atoms with Gasteiger partial charge in [0.1, 0.15) is 0 Å². The number of rotatable bonds is 3. The first-order chi connectivity index (χ1) is 8.61. The Kier molecular flexibility index (Phi) is 5.27. The fraction of sp³-hybridized carbons (Fsp3) is 0.500. The third-order valence-corrected chi connectivity index (χ3v) is 5.57. The molecule has 2 rings (SSSR count). The largest absolute Gasteiger partial charge is 0.299 e. The van der Waals surface area contributed by atoms with Crippen LogP contribution >= 0.6 is 45.2 Å². The second-order valence-electron chi connectivity index (χ2n) is 4.89. The van der Waals surface area contributed by atoms with Crippen LogP contribution in [0.1, 0.15) is 24.8 Å². The molecule has 1 aliphatic rings. The van der Waals surface area contributed by atoms with Crippen LogP contribution in [0.5, 0.6) is 0 Å². The van der Waals surface area contributed by atoms with E-state index >= 15 is 0 Å². The fourth-order valence-corrected chi connectivity index (χ4v) is 3.58. The third-order valence-electron chi connectivity index (χ3n) is 3.44. The summed E-state index contributed by atoms with van der Waals surface area (Å²) in [5.74, 6) is 0. The molecule has 4 heteroatoms. The van der Waals surface area contributed by atoms with Gasteiger partial charge in [0.25, 0.3) is 0 Å². The van der Waals surface area contributed by atoms with Crippen molar-refractivity contribution in [1.82, 2.24) is 4.90 Å². The number of benzene rings is 1. The van der Waals surface area contributed by atoms with Gasteiger partial charge < -0.3 is 0 Å². The number of hydrogen-bond acceptors (Lipinski definition) is 2. The van der Waals surface area contributed by atoms with Crippen molar-refractivity contribution in [2.45, 2.75) is 29.2 Å². The Balaban J connectivity index is 1.89. The molecule has 1 aliphatic heterocycles. The van der Waals surface area contributed by atoms with Gasteiger partial charge in [-0.15, -0.1) is 0 Å². The van der Waals surface area contributed by atoms with E-state index in [-0.39, 0.29) is 3.42 Å². The van der Waals surface area contributed by atoms with Gasteiger partial charge in [0, 0.05) is 20.0 Å². The van der Waals surface area contributed by atoms with E-state index in [4.69, 9.17) is 5.26 Å². The van der Waals surface area contributed by atoms with Crippen molar-refractivity contribution in [1.29, 1.82) is 5.26 Å². The average Bonchev–Trinajstić information content (AvgIpc) is 2.33. The second kappa shape index (κ2) is 6.53. The van der Waals surface area contributed by atoms with E-state index in [2.05, 4.69) is 80.4 Å². The van der Waals surface area contributed by atoms with Crippen LogP contribution in [-0.4, -0.2) is 21.4 Å². The van der Waals surface area contributed by atoms with Gasteiger partial charge in [-0.1, -0.05) is 34.7 Å². The number of piperidine rings is 1. The Morgan fingerprint density at radius 1 is 1.33 bits per heavy atom. The summed E-state index contributed by atoms with van der Waals surface area (Å²) in [6.45, 7) is 3.25. The van der Waals surface area contributed by atoms with Crippen molar-refractivity contribution >= 4 is 45.2 Å². The number of nitrogens with zero attached hydrogens (tertiary/aromatic N) is 2. The molecule has 0 aromatic heterocycles. The van der Waals surface area contributed by atoms with Crippen molar-refractivity contribution in [3.63, 3.8) is 0 Å². The number of nitriles is 1. The second-order valence-corrected chi connectivity index (χ2v) is 8.43. The molecule has 1 saturated heterocycles. The summed E-state index contributed by atoms with van der Waals surface area (Å²) >= 11 is 4.85. The van der Waals surface area contributed by atoms with Gasteiger partial charge in [-0.25, -0.2) is 0 Å². The third kappa shape index (κ3) is 4.07. The standard InChI is InChI=1S/C14H16I2N2/c15-13-3-1-2-12(10-13)11-18-8-5-14(16,4-7-17)6-9-18/h1-3,10H,4-6,8-9,11H2. The monoisotopic (exact) mass is 466 g/mol. The van der Waals surface area contributed by atoms with Crippen LogP contribution in [0, 0.1) is 14.9 Å². The van der Waals surface area contributed by atoms with E-state index in [9.17, 15) is 0 Å². The predicted octanol–water partition coefficient (Wildman–Crippen LogP) is 3.97. The van der Waals surface area contributed by atoms with Crippen molar-refractivity contribution in [3.8, 4) is 6.07 Å². The molecule has 0 bridgehead atoms. The van der Waals surface area contributed by atoms with Crippen LogP contribution in [-0.2, 0) is 6.54 Å². The minimum Gasteiger partial charge on any atom is -0.299 e. The quantitative estimate of drug-likeness (QED) is 0.498. The van der Waals surface area contributed by atoms with E-state index < -0.39 is 0 Å². The maximum Gasteiger partial charge on any atom is 0.0635 e. The summed E-state index contributed by atoms with van der Waals surface area (Å²) in [6.07, 6.45) is 2.95. The summed E-state index contributed by atoms with van der Waals surface area (Å²) < 4.78 is 1.52. The van der Waals surface area contributed by atoms with Crippen LogP contribution in [0.3, 0.4) is 0 Å². The topological polar surface area (TPSA) is 27.0 Å². The molecule has 1 fully saturated rings. The van der Waals surface area contributed by atoms with Gasteiger partial charge in [-0.3, -0.25) is 4.90 Å². The van der Waals surface area contributed by atoms with Gasteiger partial charge >= 0.3 is 0 Å². The normalized spacial score (nSPS) is 19.4. The predicted molar refractivity (Wildman–Crippen MR) is 90.7 cm³/mol. The Morgan fingerprint density at radius 2 is 2.06 bits per heavy atom. The Hall–Kier alpha value is 0.130. The summed E-state index contributed by atoms with van der Waals surface area (Å²) in [5.41, 5.74) is 1.39. The van der Waals surface area contributed by atoms with Crippen LogP contribution in [0.2, 0.25) is 0 Å². The minimum atomic E-state index is 0.216. The van der Waals surface area contributed by atoms with Crippen molar-refractivity contribution in [3.05, 3.63) is 33.4 Å². The number of halogens is 2. The Labute approximate surface area is 136 Å². The summed E-state index contributed by atoms with van der Waals surface area (Å²) in [5, 5.41) is 8.85. The number of alkyl halides is 1. The smallest absolute Gasteiger partial charge is 0.0635 e. The molecular formula is C14H16I2N2. The molecule has 96 valence electrons. The molecule has 0 radical (unpaired) electrons. The van der Waals surface area contributed by atoms with Gasteiger partial charge in [0.05, 0.1) is 6.07 Å². The fourth-order valence-electron chi connectivity index (χ4n) is 2.32. The van der Waals surface area contributed by atoms with E-state index in [1.54, 1.807) is 0 Å². The first kappa shape index (κ1) is 14.5. The Morgan fingerprint density at radius 3 is 2.67 bits per heavy atom. The van der Waals surface area contributed by atoms with Crippen LogP contribution in [0.15, 0.2) is 24.3 Å². The highest BCUT2D eigenvalue weighted by atomic mass is 127. The summed E-state index contributed by atoms with van der Waals surface area (Å²) in [7, 11) is 0. The van der Waals surface area contributed by atoms with Crippen molar-refractivity contribution < 1.29 is 0 Å². The lowest BCUT2D eigenvalue weighted by Crippen LogP contribution is -2.40. The molecule has 0 amide bonds. The molecule has 0 N–H and O–H groups in total. The lowest BCUT2D eigenvalue weighted by Gasteiger charge is -2.36. The Bertz CT molecular complexity index is 445. The molecule has 1 heterocycles. The van der Waals surface area contributed by atoms with Crippen LogP contribution in [0.4, 0.5) is 0 Å². The zero-order chi connectivity index (χ0) is 13.0. The molecular weight excluding hydrogens is 450 g/mol. The zero-order valence-corrected chi connectivity index (χ0v) is 14.5. The maximum absolute atomic E-state index is 8.85. The van der Waals surface area contributed by atoms with E-state index in [1.807, 2.05) is 0 Å². The SMILES string of the molecule is N#CCC1(I)CCN(Cc2cccc(I)c2)CC1.